The summed E-state index contributed by atoms with van der Waals surface area (Å²) in [7, 11) is -0.952. The van der Waals surface area contributed by atoms with Crippen molar-refractivity contribution < 1.29 is 4.21 Å². The van der Waals surface area contributed by atoms with E-state index in [1.54, 1.807) is 11.3 Å². The second-order valence-corrected chi connectivity index (χ2v) is 6.98. The fraction of sp³-hybridized carbons (Fsp3) is 0.556. The van der Waals surface area contributed by atoms with Gasteiger partial charge >= 0.3 is 0 Å². The molecule has 0 radical (unpaired) electrons. The van der Waals surface area contributed by atoms with E-state index in [4.69, 9.17) is 0 Å². The Morgan fingerprint density at radius 2 is 2.14 bits per heavy atom. The van der Waals surface area contributed by atoms with Gasteiger partial charge in [0.1, 0.15) is 0 Å². The van der Waals surface area contributed by atoms with Crippen molar-refractivity contribution in [2.75, 3.05) is 0 Å². The third-order valence-electron chi connectivity index (χ3n) is 1.74. The van der Waals surface area contributed by atoms with Crippen LogP contribution in [0.3, 0.4) is 0 Å². The maximum Gasteiger partial charge on any atom is 0.0947 e. The lowest BCUT2D eigenvalue weighted by molar-refractivity contribution is 0.647. The van der Waals surface area contributed by atoms with Crippen molar-refractivity contribution in [1.82, 2.24) is 4.72 Å². The molecule has 0 saturated heterocycles. The van der Waals surface area contributed by atoms with E-state index in [-0.39, 0.29) is 11.3 Å². The van der Waals surface area contributed by atoms with E-state index in [2.05, 4.69) is 26.7 Å². The second-order valence-electron chi connectivity index (χ2n) is 3.35. The Kier molecular flexibility index (Phi) is 4.76. The Labute approximate surface area is 99.8 Å². The predicted octanol–water partition coefficient (Wildman–Crippen LogP) is 3.23. The van der Waals surface area contributed by atoms with Crippen LogP contribution in [0.25, 0.3) is 0 Å². The number of rotatable bonds is 4. The molecule has 1 aromatic heterocycles. The molecule has 0 aliphatic carbocycles. The third kappa shape index (κ3) is 3.46. The van der Waals surface area contributed by atoms with Gasteiger partial charge in [0.15, 0.2) is 0 Å². The highest BCUT2D eigenvalue weighted by atomic mass is 79.9. The topological polar surface area (TPSA) is 29.1 Å². The van der Waals surface area contributed by atoms with Gasteiger partial charge in [0.25, 0.3) is 0 Å². The maximum absolute atomic E-state index is 11.5. The van der Waals surface area contributed by atoms with E-state index in [0.29, 0.717) is 0 Å². The molecule has 5 heteroatoms. The minimum Gasteiger partial charge on any atom is -0.243 e. The van der Waals surface area contributed by atoms with Gasteiger partial charge in [-0.2, -0.15) is 0 Å². The van der Waals surface area contributed by atoms with E-state index >= 15 is 0 Å². The standard InChI is InChI=1S/C9H14BrNOS2/c1-6(2)14(12)11-7(3)9-4-8(10)5-13-9/h4-7,11H,1-3H3. The zero-order valence-corrected chi connectivity index (χ0v) is 11.6. The Hall–Kier alpha value is 0.290. The Morgan fingerprint density at radius 3 is 2.57 bits per heavy atom. The Balaban J connectivity index is 2.59. The molecule has 0 amide bonds. The molecule has 2 nitrogen and oxygen atoms in total. The fourth-order valence-electron chi connectivity index (χ4n) is 0.924. The van der Waals surface area contributed by atoms with E-state index in [9.17, 15) is 4.21 Å². The Morgan fingerprint density at radius 1 is 1.50 bits per heavy atom. The molecule has 0 aromatic carbocycles. The summed E-state index contributed by atoms with van der Waals surface area (Å²) in [5.41, 5.74) is 0. The van der Waals surface area contributed by atoms with E-state index in [1.807, 2.05) is 26.2 Å². The minimum atomic E-state index is -0.952. The molecular weight excluding hydrogens is 282 g/mol. The van der Waals surface area contributed by atoms with Gasteiger partial charge in [-0.3, -0.25) is 0 Å². The smallest absolute Gasteiger partial charge is 0.0947 e. The van der Waals surface area contributed by atoms with Crippen molar-refractivity contribution in [3.63, 3.8) is 0 Å². The summed E-state index contributed by atoms with van der Waals surface area (Å²) in [4.78, 5) is 1.20. The van der Waals surface area contributed by atoms with Crippen molar-refractivity contribution >= 4 is 38.3 Å². The van der Waals surface area contributed by atoms with E-state index in [0.717, 1.165) is 4.47 Å². The van der Waals surface area contributed by atoms with Gasteiger partial charge < -0.3 is 0 Å². The average Bonchev–Trinajstić information content (AvgIpc) is 2.51. The molecule has 0 spiro atoms. The first-order valence-corrected chi connectivity index (χ1v) is 7.30. The van der Waals surface area contributed by atoms with Gasteiger partial charge in [-0.1, -0.05) is 0 Å². The van der Waals surface area contributed by atoms with Gasteiger partial charge in [0, 0.05) is 20.0 Å². The summed E-state index contributed by atoms with van der Waals surface area (Å²) >= 11 is 5.07. The van der Waals surface area contributed by atoms with Gasteiger partial charge in [0.05, 0.1) is 17.0 Å². The molecule has 2 atom stereocenters. The van der Waals surface area contributed by atoms with Crippen LogP contribution < -0.4 is 4.72 Å². The molecule has 0 fully saturated rings. The average molecular weight is 296 g/mol. The number of thiophene rings is 1. The minimum absolute atomic E-state index is 0.148. The lowest BCUT2D eigenvalue weighted by atomic mass is 10.3. The molecule has 1 heterocycles. The molecule has 2 unspecified atom stereocenters. The summed E-state index contributed by atoms with van der Waals surface area (Å²) in [6.07, 6.45) is 0. The molecule has 14 heavy (non-hydrogen) atoms. The highest BCUT2D eigenvalue weighted by Crippen LogP contribution is 2.25. The van der Waals surface area contributed by atoms with Crippen molar-refractivity contribution in [2.24, 2.45) is 0 Å². The molecule has 80 valence electrons. The van der Waals surface area contributed by atoms with Crippen LogP contribution in [0.4, 0.5) is 0 Å². The third-order valence-corrected chi connectivity index (χ3v) is 5.05. The normalized spacial score (nSPS) is 15.8. The molecule has 1 N–H and O–H groups in total. The quantitative estimate of drug-likeness (QED) is 0.908. The van der Waals surface area contributed by atoms with Gasteiger partial charge in [-0.05, 0) is 42.8 Å². The monoisotopic (exact) mass is 295 g/mol. The summed E-state index contributed by atoms with van der Waals surface area (Å²) in [5.74, 6) is 0. The van der Waals surface area contributed by atoms with Crippen molar-refractivity contribution in [2.45, 2.75) is 32.1 Å². The second kappa shape index (κ2) is 5.39. The molecule has 0 aliphatic rings. The van der Waals surface area contributed by atoms with Crippen LogP contribution >= 0.6 is 27.3 Å². The number of hydrogen-bond donors (Lipinski definition) is 1. The molecule has 0 aliphatic heterocycles. The lowest BCUT2D eigenvalue weighted by Gasteiger charge is -2.13. The van der Waals surface area contributed by atoms with Crippen molar-refractivity contribution in [3.05, 3.63) is 20.8 Å². The molecule has 1 aromatic rings. The summed E-state index contributed by atoms with van der Waals surface area (Å²) < 4.78 is 15.7. The fourth-order valence-corrected chi connectivity index (χ4v) is 3.20. The largest absolute Gasteiger partial charge is 0.243 e. The van der Waals surface area contributed by atoms with Crippen molar-refractivity contribution in [1.29, 1.82) is 0 Å². The summed E-state index contributed by atoms with van der Waals surface area (Å²) in [5, 5.41) is 2.19. The van der Waals surface area contributed by atoms with Gasteiger partial charge in [-0.15, -0.1) is 11.3 Å². The first-order chi connectivity index (χ1) is 6.50. The van der Waals surface area contributed by atoms with Crippen molar-refractivity contribution in [3.8, 4) is 0 Å². The number of nitrogens with one attached hydrogen (secondary N) is 1. The van der Waals surface area contributed by atoms with Crippen LogP contribution in [0, 0.1) is 0 Å². The Bertz CT molecular complexity index is 324. The molecule has 1 rings (SSSR count). The highest BCUT2D eigenvalue weighted by Gasteiger charge is 2.12. The number of halogens is 1. The van der Waals surface area contributed by atoms with E-state index in [1.165, 1.54) is 4.88 Å². The van der Waals surface area contributed by atoms with E-state index < -0.39 is 11.0 Å². The molecule has 0 saturated carbocycles. The summed E-state index contributed by atoms with van der Waals surface area (Å²) in [6, 6.07) is 2.20. The summed E-state index contributed by atoms with van der Waals surface area (Å²) in [6.45, 7) is 5.92. The van der Waals surface area contributed by atoms with Crippen LogP contribution in [-0.2, 0) is 11.0 Å². The van der Waals surface area contributed by atoms with Crippen LogP contribution in [0.2, 0.25) is 0 Å². The SMILES string of the molecule is CC(NS(=O)C(C)C)c1cc(Br)cs1. The zero-order chi connectivity index (χ0) is 10.7. The maximum atomic E-state index is 11.5. The first kappa shape index (κ1) is 12.4. The first-order valence-electron chi connectivity index (χ1n) is 4.41. The van der Waals surface area contributed by atoms with Gasteiger partial charge in [-0.25, -0.2) is 8.93 Å². The highest BCUT2D eigenvalue weighted by molar-refractivity contribution is 9.10. The zero-order valence-electron chi connectivity index (χ0n) is 8.41. The van der Waals surface area contributed by atoms with Crippen LogP contribution in [0.15, 0.2) is 15.9 Å². The predicted molar refractivity (Wildman–Crippen MR) is 66.8 cm³/mol. The lowest BCUT2D eigenvalue weighted by Crippen LogP contribution is -2.26. The molecule has 0 bridgehead atoms. The van der Waals surface area contributed by atoms with Crippen LogP contribution in [-0.4, -0.2) is 9.46 Å². The molecular formula is C9H14BrNOS2. The van der Waals surface area contributed by atoms with Crippen LogP contribution in [0.5, 0.6) is 0 Å². The van der Waals surface area contributed by atoms with Gasteiger partial charge in [0.2, 0.25) is 0 Å². The number of hydrogen-bond acceptors (Lipinski definition) is 2. The van der Waals surface area contributed by atoms with Crippen LogP contribution in [0.1, 0.15) is 31.7 Å².